The minimum Gasteiger partial charge on any atom is -0.491 e. The van der Waals surface area contributed by atoms with Gasteiger partial charge < -0.3 is 10.5 Å². The fourth-order valence-electron chi connectivity index (χ4n) is 1.42. The highest BCUT2D eigenvalue weighted by molar-refractivity contribution is 7.89. The molecule has 3 N–H and O–H groups in total. The van der Waals surface area contributed by atoms with Crippen LogP contribution in [-0.4, -0.2) is 27.0 Å². The predicted molar refractivity (Wildman–Crippen MR) is 71.3 cm³/mol. The molecule has 1 rings (SSSR count). The summed E-state index contributed by atoms with van der Waals surface area (Å²) in [6, 6.07) is 4.50. The first-order valence-corrected chi connectivity index (χ1v) is 7.26. The standard InChI is InChI=1S/C12H18N2O4S/c1-8(2)18-11-5-4-10(6-9(11)3)19(16,17)14-7-12(13)15/h4-6,8,14H,7H2,1-3H3,(H2,13,15). The van der Waals surface area contributed by atoms with Crippen LogP contribution in [0.2, 0.25) is 0 Å². The van der Waals surface area contributed by atoms with Crippen molar-refractivity contribution in [1.29, 1.82) is 0 Å². The van der Waals surface area contributed by atoms with E-state index < -0.39 is 22.5 Å². The Kier molecular flexibility index (Phi) is 4.90. The summed E-state index contributed by atoms with van der Waals surface area (Å²) >= 11 is 0. The second-order valence-corrected chi connectivity index (χ2v) is 6.15. The number of nitrogens with two attached hydrogens (primary N) is 1. The van der Waals surface area contributed by atoms with E-state index in [1.807, 2.05) is 13.8 Å². The molecule has 6 nitrogen and oxygen atoms in total. The van der Waals surface area contributed by atoms with Crippen molar-refractivity contribution in [3.8, 4) is 5.75 Å². The quantitative estimate of drug-likeness (QED) is 0.797. The number of hydrogen-bond acceptors (Lipinski definition) is 4. The first-order valence-electron chi connectivity index (χ1n) is 5.77. The smallest absolute Gasteiger partial charge is 0.241 e. The molecule has 0 fully saturated rings. The van der Waals surface area contributed by atoms with Crippen LogP contribution in [0.25, 0.3) is 0 Å². The Bertz CT molecular complexity index is 567. The third-order valence-electron chi connectivity index (χ3n) is 2.26. The van der Waals surface area contributed by atoms with Crippen molar-refractivity contribution < 1.29 is 17.9 Å². The molecule has 0 aliphatic rings. The molecule has 1 aromatic rings. The van der Waals surface area contributed by atoms with Crippen molar-refractivity contribution in [2.45, 2.75) is 31.8 Å². The molecule has 0 atom stereocenters. The summed E-state index contributed by atoms with van der Waals surface area (Å²) in [5, 5.41) is 0. The van der Waals surface area contributed by atoms with Crippen LogP contribution >= 0.6 is 0 Å². The molecule has 0 saturated carbocycles. The van der Waals surface area contributed by atoms with Crippen LogP contribution in [0.1, 0.15) is 19.4 Å². The van der Waals surface area contributed by atoms with Gasteiger partial charge >= 0.3 is 0 Å². The van der Waals surface area contributed by atoms with E-state index in [-0.39, 0.29) is 11.0 Å². The van der Waals surface area contributed by atoms with E-state index in [4.69, 9.17) is 10.5 Å². The summed E-state index contributed by atoms with van der Waals surface area (Å²) in [6.07, 6.45) is 0.00847. The van der Waals surface area contributed by atoms with Crippen LogP contribution in [-0.2, 0) is 14.8 Å². The highest BCUT2D eigenvalue weighted by Gasteiger charge is 2.16. The molecule has 7 heteroatoms. The molecule has 0 aliphatic heterocycles. The summed E-state index contributed by atoms with van der Waals surface area (Å²) in [5.74, 6) is -0.107. The molecule has 0 bridgehead atoms. The van der Waals surface area contributed by atoms with Crippen LogP contribution in [0.3, 0.4) is 0 Å². The van der Waals surface area contributed by atoms with E-state index in [2.05, 4.69) is 4.72 Å². The van der Waals surface area contributed by atoms with E-state index in [0.717, 1.165) is 0 Å². The van der Waals surface area contributed by atoms with E-state index in [9.17, 15) is 13.2 Å². The number of nitrogens with one attached hydrogen (secondary N) is 1. The molecule has 0 unspecified atom stereocenters. The number of carbonyl (C=O) groups excluding carboxylic acids is 1. The van der Waals surface area contributed by atoms with Gasteiger partial charge in [0.2, 0.25) is 15.9 Å². The fourth-order valence-corrected chi connectivity index (χ4v) is 2.50. The monoisotopic (exact) mass is 286 g/mol. The lowest BCUT2D eigenvalue weighted by atomic mass is 10.2. The highest BCUT2D eigenvalue weighted by atomic mass is 32.2. The molecule has 0 spiro atoms. The third-order valence-corrected chi connectivity index (χ3v) is 3.65. The summed E-state index contributed by atoms with van der Waals surface area (Å²) in [6.45, 7) is 5.10. The Balaban J connectivity index is 2.97. The van der Waals surface area contributed by atoms with Crippen molar-refractivity contribution in [1.82, 2.24) is 4.72 Å². The largest absolute Gasteiger partial charge is 0.491 e. The number of benzene rings is 1. The molecule has 19 heavy (non-hydrogen) atoms. The zero-order valence-electron chi connectivity index (χ0n) is 11.1. The molecule has 106 valence electrons. The maximum atomic E-state index is 11.9. The van der Waals surface area contributed by atoms with Gasteiger partial charge in [0.05, 0.1) is 17.5 Å². The maximum absolute atomic E-state index is 11.9. The Morgan fingerprint density at radius 1 is 1.42 bits per heavy atom. The van der Waals surface area contributed by atoms with E-state index >= 15 is 0 Å². The van der Waals surface area contributed by atoms with E-state index in [1.165, 1.54) is 12.1 Å². The Hall–Kier alpha value is -1.60. The molecule has 0 heterocycles. The SMILES string of the molecule is Cc1cc(S(=O)(=O)NCC(N)=O)ccc1OC(C)C. The van der Waals surface area contributed by atoms with Gasteiger partial charge in [0.1, 0.15) is 5.75 Å². The minimum absolute atomic E-state index is 0.00847. The second kappa shape index (κ2) is 6.03. The molecular weight excluding hydrogens is 268 g/mol. The average Bonchev–Trinajstić information content (AvgIpc) is 2.28. The van der Waals surface area contributed by atoms with Crippen LogP contribution in [0.4, 0.5) is 0 Å². The lowest BCUT2D eigenvalue weighted by Crippen LogP contribution is -2.33. The molecule has 0 aliphatic carbocycles. The number of aryl methyl sites for hydroxylation is 1. The van der Waals surface area contributed by atoms with Gasteiger partial charge in [-0.05, 0) is 44.5 Å². The van der Waals surface area contributed by atoms with Gasteiger partial charge in [-0.2, -0.15) is 0 Å². The first-order chi connectivity index (χ1) is 8.72. The van der Waals surface area contributed by atoms with Gasteiger partial charge in [0.15, 0.2) is 0 Å². The van der Waals surface area contributed by atoms with Crippen LogP contribution in [0.5, 0.6) is 5.75 Å². The molecule has 1 aromatic carbocycles. The van der Waals surface area contributed by atoms with Crippen molar-refractivity contribution in [2.75, 3.05) is 6.54 Å². The first kappa shape index (κ1) is 15.5. The molecule has 0 aromatic heterocycles. The molecule has 0 radical (unpaired) electrons. The van der Waals surface area contributed by atoms with Gasteiger partial charge in [-0.15, -0.1) is 0 Å². The third kappa shape index (κ3) is 4.53. The van der Waals surface area contributed by atoms with Gasteiger partial charge in [0, 0.05) is 0 Å². The fraction of sp³-hybridized carbons (Fsp3) is 0.417. The Morgan fingerprint density at radius 3 is 2.53 bits per heavy atom. The number of sulfonamides is 1. The normalized spacial score (nSPS) is 11.6. The zero-order chi connectivity index (χ0) is 14.6. The molecular formula is C12H18N2O4S. The highest BCUT2D eigenvalue weighted by Crippen LogP contribution is 2.22. The second-order valence-electron chi connectivity index (χ2n) is 4.38. The number of primary amides is 1. The number of amides is 1. The zero-order valence-corrected chi connectivity index (χ0v) is 12.0. The summed E-state index contributed by atoms with van der Waals surface area (Å²) < 4.78 is 31.4. The van der Waals surface area contributed by atoms with Crippen molar-refractivity contribution in [3.63, 3.8) is 0 Å². The Labute approximate surface area is 113 Å². The molecule has 1 amide bonds. The van der Waals surface area contributed by atoms with Crippen molar-refractivity contribution in [2.24, 2.45) is 5.73 Å². The molecule has 0 saturated heterocycles. The number of carbonyl (C=O) groups is 1. The van der Waals surface area contributed by atoms with E-state index in [1.54, 1.807) is 13.0 Å². The number of hydrogen-bond donors (Lipinski definition) is 2. The van der Waals surface area contributed by atoms with Gasteiger partial charge in [0.25, 0.3) is 0 Å². The van der Waals surface area contributed by atoms with Crippen molar-refractivity contribution >= 4 is 15.9 Å². The predicted octanol–water partition coefficient (Wildman–Crippen LogP) is 0.546. The maximum Gasteiger partial charge on any atom is 0.241 e. The van der Waals surface area contributed by atoms with Crippen LogP contribution < -0.4 is 15.2 Å². The lowest BCUT2D eigenvalue weighted by molar-refractivity contribution is -0.116. The van der Waals surface area contributed by atoms with Gasteiger partial charge in [-0.25, -0.2) is 13.1 Å². The Morgan fingerprint density at radius 2 is 2.05 bits per heavy atom. The summed E-state index contributed by atoms with van der Waals surface area (Å²) in [5.41, 5.74) is 5.60. The van der Waals surface area contributed by atoms with E-state index in [0.29, 0.717) is 11.3 Å². The summed E-state index contributed by atoms with van der Waals surface area (Å²) in [4.78, 5) is 10.7. The van der Waals surface area contributed by atoms with Gasteiger partial charge in [-0.3, -0.25) is 4.79 Å². The lowest BCUT2D eigenvalue weighted by Gasteiger charge is -2.13. The topological polar surface area (TPSA) is 98.5 Å². The number of rotatable bonds is 6. The minimum atomic E-state index is -3.73. The van der Waals surface area contributed by atoms with Crippen molar-refractivity contribution in [3.05, 3.63) is 23.8 Å². The van der Waals surface area contributed by atoms with Crippen LogP contribution in [0, 0.1) is 6.92 Å². The van der Waals surface area contributed by atoms with Gasteiger partial charge in [-0.1, -0.05) is 0 Å². The number of ether oxygens (including phenoxy) is 1. The average molecular weight is 286 g/mol. The summed E-state index contributed by atoms with van der Waals surface area (Å²) in [7, 11) is -3.73. The van der Waals surface area contributed by atoms with Crippen LogP contribution in [0.15, 0.2) is 23.1 Å².